The first kappa shape index (κ1) is 17.6. The van der Waals surface area contributed by atoms with E-state index in [-0.39, 0.29) is 0 Å². The molecule has 1 aromatic carbocycles. The third-order valence-electron chi connectivity index (χ3n) is 4.19. The Morgan fingerprint density at radius 3 is 2.65 bits per heavy atom. The van der Waals surface area contributed by atoms with Gasteiger partial charge in [-0.25, -0.2) is 0 Å². The standard InChI is InChI=1S/C18H29N3O2/c1-3-19-17(20-15-18(22)11-7-8-12-18)21(2)13-14-23-16-9-5-4-6-10-16/h4-6,9-10,22H,3,7-8,11-15H2,1-2H3,(H,19,20). The molecule has 0 spiro atoms. The molecule has 0 aromatic heterocycles. The van der Waals surface area contributed by atoms with Crippen LogP contribution >= 0.6 is 0 Å². The third-order valence-corrected chi connectivity index (χ3v) is 4.19. The first-order valence-electron chi connectivity index (χ1n) is 8.53. The van der Waals surface area contributed by atoms with Crippen molar-refractivity contribution in [3.63, 3.8) is 0 Å². The van der Waals surface area contributed by atoms with Crippen LogP contribution in [0.25, 0.3) is 0 Å². The molecule has 0 bridgehead atoms. The number of ether oxygens (including phenoxy) is 1. The van der Waals surface area contributed by atoms with Gasteiger partial charge in [0.1, 0.15) is 12.4 Å². The van der Waals surface area contributed by atoms with Gasteiger partial charge in [0.2, 0.25) is 0 Å². The van der Waals surface area contributed by atoms with Gasteiger partial charge in [-0.15, -0.1) is 0 Å². The van der Waals surface area contributed by atoms with Gasteiger partial charge < -0.3 is 20.1 Å². The van der Waals surface area contributed by atoms with Crippen molar-refractivity contribution in [1.82, 2.24) is 10.2 Å². The van der Waals surface area contributed by atoms with Crippen molar-refractivity contribution in [3.8, 4) is 5.75 Å². The van der Waals surface area contributed by atoms with Gasteiger partial charge in [-0.3, -0.25) is 4.99 Å². The maximum Gasteiger partial charge on any atom is 0.193 e. The molecule has 2 N–H and O–H groups in total. The second-order valence-corrected chi connectivity index (χ2v) is 6.18. The van der Waals surface area contributed by atoms with E-state index in [4.69, 9.17) is 4.74 Å². The highest BCUT2D eigenvalue weighted by atomic mass is 16.5. The van der Waals surface area contributed by atoms with E-state index < -0.39 is 5.60 Å². The molecule has 0 atom stereocenters. The van der Waals surface area contributed by atoms with E-state index in [0.717, 1.165) is 50.5 Å². The molecule has 2 rings (SSSR count). The molecule has 1 aliphatic rings. The average Bonchev–Trinajstić information content (AvgIpc) is 2.99. The van der Waals surface area contributed by atoms with Crippen molar-refractivity contribution in [2.75, 3.05) is 33.3 Å². The summed E-state index contributed by atoms with van der Waals surface area (Å²) in [6.45, 7) is 4.66. The minimum Gasteiger partial charge on any atom is -0.492 e. The number of nitrogens with one attached hydrogen (secondary N) is 1. The van der Waals surface area contributed by atoms with Crippen molar-refractivity contribution in [2.24, 2.45) is 4.99 Å². The summed E-state index contributed by atoms with van der Waals surface area (Å²) in [7, 11) is 1.99. The highest BCUT2D eigenvalue weighted by Crippen LogP contribution is 2.29. The fourth-order valence-electron chi connectivity index (χ4n) is 2.81. The first-order valence-corrected chi connectivity index (χ1v) is 8.53. The zero-order valence-electron chi connectivity index (χ0n) is 14.3. The van der Waals surface area contributed by atoms with E-state index >= 15 is 0 Å². The molecule has 1 saturated carbocycles. The van der Waals surface area contributed by atoms with Gasteiger partial charge in [0.05, 0.1) is 18.7 Å². The Morgan fingerprint density at radius 1 is 1.30 bits per heavy atom. The normalized spacial score (nSPS) is 17.1. The number of para-hydroxylation sites is 1. The highest BCUT2D eigenvalue weighted by Gasteiger charge is 2.30. The molecule has 0 amide bonds. The third kappa shape index (κ3) is 5.75. The molecule has 0 radical (unpaired) electrons. The Bertz CT molecular complexity index is 484. The number of rotatable bonds is 7. The monoisotopic (exact) mass is 319 g/mol. The molecule has 5 nitrogen and oxygen atoms in total. The quantitative estimate of drug-likeness (QED) is 0.598. The van der Waals surface area contributed by atoms with Crippen LogP contribution in [0.5, 0.6) is 5.75 Å². The molecule has 0 heterocycles. The lowest BCUT2D eigenvalue weighted by Gasteiger charge is -2.25. The van der Waals surface area contributed by atoms with Crippen LogP contribution in [0, 0.1) is 0 Å². The summed E-state index contributed by atoms with van der Waals surface area (Å²) in [6.07, 6.45) is 3.92. The predicted molar refractivity (Wildman–Crippen MR) is 94.0 cm³/mol. The second-order valence-electron chi connectivity index (χ2n) is 6.18. The fraction of sp³-hybridized carbons (Fsp3) is 0.611. The number of hydrogen-bond acceptors (Lipinski definition) is 3. The molecule has 23 heavy (non-hydrogen) atoms. The number of aliphatic imine (C=N–C) groups is 1. The molecule has 1 fully saturated rings. The number of hydrogen-bond donors (Lipinski definition) is 2. The lowest BCUT2D eigenvalue weighted by atomic mass is 10.0. The van der Waals surface area contributed by atoms with E-state index in [1.807, 2.05) is 49.2 Å². The van der Waals surface area contributed by atoms with E-state index in [2.05, 4.69) is 10.3 Å². The smallest absolute Gasteiger partial charge is 0.193 e. The van der Waals surface area contributed by atoms with Crippen LogP contribution in [0.4, 0.5) is 0 Å². The van der Waals surface area contributed by atoms with Gasteiger partial charge in [0, 0.05) is 13.6 Å². The summed E-state index contributed by atoms with van der Waals surface area (Å²) >= 11 is 0. The number of likely N-dealkylation sites (N-methyl/N-ethyl adjacent to an activating group) is 1. The van der Waals surface area contributed by atoms with Crippen LogP contribution in [-0.4, -0.2) is 54.9 Å². The van der Waals surface area contributed by atoms with Crippen molar-refractivity contribution in [3.05, 3.63) is 30.3 Å². The van der Waals surface area contributed by atoms with E-state index in [9.17, 15) is 5.11 Å². The molecular weight excluding hydrogens is 290 g/mol. The van der Waals surface area contributed by atoms with Crippen molar-refractivity contribution < 1.29 is 9.84 Å². The van der Waals surface area contributed by atoms with Gasteiger partial charge in [-0.2, -0.15) is 0 Å². The van der Waals surface area contributed by atoms with Gasteiger partial charge in [0.15, 0.2) is 5.96 Å². The minimum atomic E-state index is -0.609. The first-order chi connectivity index (χ1) is 11.1. The number of nitrogens with zero attached hydrogens (tertiary/aromatic N) is 2. The Labute approximate surface area is 139 Å². The molecule has 0 unspecified atom stereocenters. The maximum absolute atomic E-state index is 10.4. The Hall–Kier alpha value is -1.75. The van der Waals surface area contributed by atoms with E-state index in [1.165, 1.54) is 0 Å². The zero-order valence-corrected chi connectivity index (χ0v) is 14.3. The van der Waals surface area contributed by atoms with Gasteiger partial charge in [-0.05, 0) is 31.9 Å². The van der Waals surface area contributed by atoms with E-state index in [0.29, 0.717) is 13.2 Å². The molecule has 128 valence electrons. The van der Waals surface area contributed by atoms with Crippen molar-refractivity contribution in [1.29, 1.82) is 0 Å². The molecule has 0 aliphatic heterocycles. The van der Waals surface area contributed by atoms with Crippen LogP contribution in [0.1, 0.15) is 32.6 Å². The lowest BCUT2D eigenvalue weighted by Crippen LogP contribution is -2.42. The maximum atomic E-state index is 10.4. The minimum absolute atomic E-state index is 0.471. The summed E-state index contributed by atoms with van der Waals surface area (Å²) in [4.78, 5) is 6.67. The van der Waals surface area contributed by atoms with Gasteiger partial charge >= 0.3 is 0 Å². The highest BCUT2D eigenvalue weighted by molar-refractivity contribution is 5.79. The molecule has 5 heteroatoms. The lowest BCUT2D eigenvalue weighted by molar-refractivity contribution is 0.0572. The SMILES string of the molecule is CCNC(=NCC1(O)CCCC1)N(C)CCOc1ccccc1. The van der Waals surface area contributed by atoms with Gasteiger partial charge in [-0.1, -0.05) is 31.0 Å². The number of guanidine groups is 1. The Balaban J connectivity index is 1.83. The molecule has 0 saturated heterocycles. The van der Waals surface area contributed by atoms with Crippen LogP contribution in [-0.2, 0) is 0 Å². The summed E-state index contributed by atoms with van der Waals surface area (Å²) in [5, 5.41) is 13.7. The second kappa shape index (κ2) is 8.77. The average molecular weight is 319 g/mol. The van der Waals surface area contributed by atoms with E-state index in [1.54, 1.807) is 0 Å². The number of benzene rings is 1. The summed E-state index contributed by atoms with van der Waals surface area (Å²) in [5.74, 6) is 1.70. The predicted octanol–water partition coefficient (Wildman–Crippen LogP) is 2.27. The molecule has 1 aliphatic carbocycles. The Kier molecular flexibility index (Phi) is 6.71. The number of aliphatic hydroxyl groups is 1. The van der Waals surface area contributed by atoms with Crippen LogP contribution in [0.15, 0.2) is 35.3 Å². The van der Waals surface area contributed by atoms with Crippen molar-refractivity contribution >= 4 is 5.96 Å². The fourth-order valence-corrected chi connectivity index (χ4v) is 2.81. The largest absolute Gasteiger partial charge is 0.492 e. The summed E-state index contributed by atoms with van der Waals surface area (Å²) < 4.78 is 5.73. The summed E-state index contributed by atoms with van der Waals surface area (Å²) in [5.41, 5.74) is -0.609. The molecule has 1 aromatic rings. The summed E-state index contributed by atoms with van der Waals surface area (Å²) in [6, 6.07) is 9.81. The van der Waals surface area contributed by atoms with Crippen molar-refractivity contribution in [2.45, 2.75) is 38.2 Å². The molecular formula is C18H29N3O2. The zero-order chi connectivity index (χ0) is 16.5. The Morgan fingerprint density at radius 2 is 2.00 bits per heavy atom. The van der Waals surface area contributed by atoms with Crippen LogP contribution in [0.3, 0.4) is 0 Å². The topological polar surface area (TPSA) is 57.1 Å². The van der Waals surface area contributed by atoms with Crippen LogP contribution < -0.4 is 10.1 Å². The van der Waals surface area contributed by atoms with Gasteiger partial charge in [0.25, 0.3) is 0 Å². The van der Waals surface area contributed by atoms with Crippen LogP contribution in [0.2, 0.25) is 0 Å².